The van der Waals surface area contributed by atoms with E-state index in [1.807, 2.05) is 12.1 Å². The number of fused-ring (bicyclic) bond motifs is 1. The number of carbonyl (C=O) groups excluding carboxylic acids is 2. The molecule has 3 N–H and O–H groups in total. The number of nitrogens with two attached hydrogens (primary N) is 1. The fourth-order valence-electron chi connectivity index (χ4n) is 3.83. The molecule has 28 heavy (non-hydrogen) atoms. The summed E-state index contributed by atoms with van der Waals surface area (Å²) in [5, 5.41) is 2.83. The van der Waals surface area contributed by atoms with Gasteiger partial charge in [0.15, 0.2) is 0 Å². The molecule has 5 heteroatoms. The maximum atomic E-state index is 12.9. The van der Waals surface area contributed by atoms with Gasteiger partial charge in [-0.15, -0.1) is 0 Å². The zero-order chi connectivity index (χ0) is 20.7. The van der Waals surface area contributed by atoms with Gasteiger partial charge in [0, 0.05) is 5.56 Å². The maximum absolute atomic E-state index is 12.9. The molecule has 1 aliphatic carbocycles. The van der Waals surface area contributed by atoms with Crippen molar-refractivity contribution >= 4 is 23.3 Å². The van der Waals surface area contributed by atoms with Crippen LogP contribution < -0.4 is 11.1 Å². The maximum Gasteiger partial charge on any atom is 0.337 e. The van der Waals surface area contributed by atoms with E-state index in [9.17, 15) is 9.59 Å². The van der Waals surface area contributed by atoms with Crippen LogP contribution in [0, 0.1) is 0 Å². The van der Waals surface area contributed by atoms with Crippen LogP contribution in [-0.4, -0.2) is 19.0 Å². The molecule has 1 amide bonds. The van der Waals surface area contributed by atoms with Gasteiger partial charge < -0.3 is 15.8 Å². The minimum atomic E-state index is -0.478. The van der Waals surface area contributed by atoms with Gasteiger partial charge in [-0.25, -0.2) is 4.79 Å². The van der Waals surface area contributed by atoms with Crippen molar-refractivity contribution in [2.75, 3.05) is 18.2 Å². The first-order valence-corrected chi connectivity index (χ1v) is 9.49. The van der Waals surface area contributed by atoms with Crippen LogP contribution in [0.5, 0.6) is 0 Å². The summed E-state index contributed by atoms with van der Waals surface area (Å²) in [6.45, 7) is 8.95. The van der Waals surface area contributed by atoms with E-state index in [1.54, 1.807) is 12.1 Å². The van der Waals surface area contributed by atoms with E-state index in [-0.39, 0.29) is 16.7 Å². The summed E-state index contributed by atoms with van der Waals surface area (Å²) in [7, 11) is 1.31. The zero-order valence-corrected chi connectivity index (χ0v) is 17.2. The van der Waals surface area contributed by atoms with Crippen molar-refractivity contribution in [1.82, 2.24) is 0 Å². The average Bonchev–Trinajstić information content (AvgIpc) is 2.66. The van der Waals surface area contributed by atoms with Crippen LogP contribution in [0.1, 0.15) is 72.4 Å². The summed E-state index contributed by atoms with van der Waals surface area (Å²) in [6.07, 6.45) is 2.20. The van der Waals surface area contributed by atoms with Gasteiger partial charge in [0.25, 0.3) is 5.91 Å². The van der Waals surface area contributed by atoms with E-state index in [1.165, 1.54) is 24.3 Å². The highest BCUT2D eigenvalue weighted by atomic mass is 16.5. The van der Waals surface area contributed by atoms with Crippen molar-refractivity contribution in [3.05, 3.63) is 58.7 Å². The first-order chi connectivity index (χ1) is 13.0. The minimum Gasteiger partial charge on any atom is -0.465 e. The first-order valence-electron chi connectivity index (χ1n) is 9.49. The van der Waals surface area contributed by atoms with Gasteiger partial charge in [0.05, 0.1) is 24.0 Å². The molecule has 0 aliphatic heterocycles. The Kier molecular flexibility index (Phi) is 4.96. The number of rotatable bonds is 3. The average molecular weight is 380 g/mol. The number of methoxy groups -OCH3 is 1. The predicted molar refractivity (Wildman–Crippen MR) is 112 cm³/mol. The number of nitrogen functional groups attached to an aromatic ring is 1. The number of ether oxygens (including phenoxy) is 1. The second-order valence-electron chi connectivity index (χ2n) is 8.78. The zero-order valence-electron chi connectivity index (χ0n) is 17.2. The Morgan fingerprint density at radius 3 is 2.18 bits per heavy atom. The summed E-state index contributed by atoms with van der Waals surface area (Å²) in [4.78, 5) is 24.6. The van der Waals surface area contributed by atoms with E-state index < -0.39 is 5.97 Å². The fraction of sp³-hybridized carbons (Fsp3) is 0.391. The number of amides is 1. The number of anilines is 2. The number of hydrogen-bond acceptors (Lipinski definition) is 4. The normalized spacial score (nSPS) is 16.8. The number of benzene rings is 2. The number of hydrogen-bond donors (Lipinski definition) is 2. The molecule has 2 aromatic rings. The monoisotopic (exact) mass is 380 g/mol. The molecule has 0 spiro atoms. The predicted octanol–water partition coefficient (Wildman–Crippen LogP) is 4.66. The lowest BCUT2D eigenvalue weighted by atomic mass is 9.63. The number of nitrogens with one attached hydrogen (secondary N) is 1. The van der Waals surface area contributed by atoms with Gasteiger partial charge in [-0.05, 0) is 65.1 Å². The molecule has 148 valence electrons. The molecule has 0 unspecified atom stereocenters. The molecular formula is C23H28N2O3. The highest BCUT2D eigenvalue weighted by Crippen LogP contribution is 2.45. The lowest BCUT2D eigenvalue weighted by Gasteiger charge is -2.42. The van der Waals surface area contributed by atoms with Gasteiger partial charge in [-0.2, -0.15) is 0 Å². The van der Waals surface area contributed by atoms with Crippen molar-refractivity contribution < 1.29 is 14.3 Å². The number of esters is 1. The van der Waals surface area contributed by atoms with E-state index in [2.05, 4.69) is 39.1 Å². The minimum absolute atomic E-state index is 0.0188. The molecule has 0 saturated carbocycles. The third-order valence-electron chi connectivity index (χ3n) is 5.84. The molecule has 0 fully saturated rings. The molecule has 2 aromatic carbocycles. The van der Waals surface area contributed by atoms with Crippen molar-refractivity contribution in [1.29, 1.82) is 0 Å². The van der Waals surface area contributed by atoms with Crippen LogP contribution in [-0.2, 0) is 15.6 Å². The van der Waals surface area contributed by atoms with E-state index in [0.717, 1.165) is 12.8 Å². The van der Waals surface area contributed by atoms with Crippen molar-refractivity contribution in [2.24, 2.45) is 0 Å². The second kappa shape index (κ2) is 6.97. The molecule has 0 aromatic heterocycles. The Balaban J connectivity index is 1.94. The van der Waals surface area contributed by atoms with E-state index in [0.29, 0.717) is 22.5 Å². The third kappa shape index (κ3) is 3.61. The van der Waals surface area contributed by atoms with Crippen molar-refractivity contribution in [2.45, 2.75) is 51.4 Å². The van der Waals surface area contributed by atoms with Crippen molar-refractivity contribution in [3.63, 3.8) is 0 Å². The quantitative estimate of drug-likeness (QED) is 0.599. The summed E-state index contributed by atoms with van der Waals surface area (Å²) in [5.74, 6) is -0.732. The van der Waals surface area contributed by atoms with Crippen LogP contribution >= 0.6 is 0 Å². The van der Waals surface area contributed by atoms with Crippen LogP contribution in [0.3, 0.4) is 0 Å². The van der Waals surface area contributed by atoms with Gasteiger partial charge >= 0.3 is 5.97 Å². The standard InChI is InChI=1S/C23H28N2O3/c1-22(2)10-11-23(3,4)17-12-14(6-8-16(17)22)20(26)25-19-13-15(21(27)28-5)7-9-18(19)24/h6-9,12-13H,10-11,24H2,1-5H3,(H,25,26). The molecule has 5 nitrogen and oxygen atoms in total. The molecule has 0 heterocycles. The molecule has 1 aliphatic rings. The van der Waals surface area contributed by atoms with Crippen LogP contribution in [0.2, 0.25) is 0 Å². The third-order valence-corrected chi connectivity index (χ3v) is 5.84. The fourth-order valence-corrected chi connectivity index (χ4v) is 3.83. The molecule has 0 bridgehead atoms. The van der Waals surface area contributed by atoms with Gasteiger partial charge in [-0.3, -0.25) is 4.79 Å². The Labute approximate surface area is 166 Å². The molecule has 3 rings (SSSR count). The van der Waals surface area contributed by atoms with E-state index >= 15 is 0 Å². The SMILES string of the molecule is COC(=O)c1ccc(N)c(NC(=O)c2ccc3c(c2)C(C)(C)CCC3(C)C)c1. The topological polar surface area (TPSA) is 81.4 Å². The van der Waals surface area contributed by atoms with E-state index in [4.69, 9.17) is 10.5 Å². The Hall–Kier alpha value is -2.82. The smallest absolute Gasteiger partial charge is 0.337 e. The largest absolute Gasteiger partial charge is 0.465 e. The van der Waals surface area contributed by atoms with Gasteiger partial charge in [0.2, 0.25) is 0 Å². The Bertz CT molecular complexity index is 945. The Morgan fingerprint density at radius 2 is 1.54 bits per heavy atom. The van der Waals surface area contributed by atoms with Crippen LogP contribution in [0.15, 0.2) is 36.4 Å². The van der Waals surface area contributed by atoms with Crippen molar-refractivity contribution in [3.8, 4) is 0 Å². The summed E-state index contributed by atoms with van der Waals surface area (Å²) in [5.41, 5.74) is 10.3. The Morgan fingerprint density at radius 1 is 0.929 bits per heavy atom. The lowest BCUT2D eigenvalue weighted by Crippen LogP contribution is -2.34. The number of carbonyl (C=O) groups is 2. The summed E-state index contributed by atoms with van der Waals surface area (Å²) < 4.78 is 4.73. The molecular weight excluding hydrogens is 352 g/mol. The molecule has 0 saturated heterocycles. The van der Waals surface area contributed by atoms with Crippen LogP contribution in [0.4, 0.5) is 11.4 Å². The summed E-state index contributed by atoms with van der Waals surface area (Å²) in [6, 6.07) is 10.6. The van der Waals surface area contributed by atoms with Gasteiger partial charge in [0.1, 0.15) is 0 Å². The molecule has 0 radical (unpaired) electrons. The van der Waals surface area contributed by atoms with Crippen LogP contribution in [0.25, 0.3) is 0 Å². The lowest BCUT2D eigenvalue weighted by molar-refractivity contribution is 0.0600. The highest BCUT2D eigenvalue weighted by molar-refractivity contribution is 6.06. The first kappa shape index (κ1) is 19.9. The molecule has 0 atom stereocenters. The summed E-state index contributed by atoms with van der Waals surface area (Å²) >= 11 is 0. The second-order valence-corrected chi connectivity index (χ2v) is 8.78. The highest BCUT2D eigenvalue weighted by Gasteiger charge is 2.37. The van der Waals surface area contributed by atoms with Gasteiger partial charge in [-0.1, -0.05) is 33.8 Å².